The van der Waals surface area contributed by atoms with E-state index >= 15 is 0 Å². The number of methoxy groups -OCH3 is 1. The van der Waals surface area contributed by atoms with Crippen LogP contribution >= 0.6 is 0 Å². The van der Waals surface area contributed by atoms with Crippen molar-refractivity contribution < 1.29 is 4.74 Å². The highest BCUT2D eigenvalue weighted by molar-refractivity contribution is 5.59. The van der Waals surface area contributed by atoms with Crippen molar-refractivity contribution in [3.63, 3.8) is 0 Å². The van der Waals surface area contributed by atoms with Crippen molar-refractivity contribution in [1.29, 1.82) is 0 Å². The Balaban J connectivity index is 1.65. The molecule has 24 heavy (non-hydrogen) atoms. The molecule has 0 atom stereocenters. The van der Waals surface area contributed by atoms with Crippen molar-refractivity contribution >= 4 is 17.5 Å². The topological polar surface area (TPSA) is 66.4 Å². The molecule has 1 fully saturated rings. The lowest BCUT2D eigenvalue weighted by molar-refractivity contribution is 0.413. The second-order valence-electron chi connectivity index (χ2n) is 5.45. The van der Waals surface area contributed by atoms with Crippen molar-refractivity contribution in [2.75, 3.05) is 55.0 Å². The van der Waals surface area contributed by atoms with Gasteiger partial charge in [0, 0.05) is 32.7 Å². The summed E-state index contributed by atoms with van der Waals surface area (Å²) in [5.41, 5.74) is 1.13. The minimum atomic E-state index is 0.527. The first-order valence-electron chi connectivity index (χ1n) is 7.99. The van der Waals surface area contributed by atoms with Crippen molar-refractivity contribution in [1.82, 2.24) is 15.2 Å². The van der Waals surface area contributed by atoms with E-state index in [2.05, 4.69) is 42.9 Å². The summed E-state index contributed by atoms with van der Waals surface area (Å²) in [4.78, 5) is 9.07. The lowest BCUT2D eigenvalue weighted by atomic mass is 10.2. The Bertz CT molecular complexity index is 684. The quantitative estimate of drug-likeness (QED) is 0.812. The van der Waals surface area contributed by atoms with E-state index < -0.39 is 0 Å². The van der Waals surface area contributed by atoms with Gasteiger partial charge in [-0.3, -0.25) is 0 Å². The van der Waals surface area contributed by atoms with Gasteiger partial charge in [-0.15, -0.1) is 11.7 Å². The maximum Gasteiger partial charge on any atom is 0.244 e. The van der Waals surface area contributed by atoms with Crippen LogP contribution in [-0.4, -0.2) is 55.0 Å². The van der Waals surface area contributed by atoms with Gasteiger partial charge in [-0.05, 0) is 12.1 Å². The molecule has 2 aromatic rings. The zero-order valence-electron chi connectivity index (χ0n) is 13.9. The monoisotopic (exact) mass is 326 g/mol. The number of anilines is 3. The standard InChI is InChI=1S/C17H22N6O/c1-3-8-18-17-20-16(13-19-21-17)23-11-9-22(10-12-23)14-6-4-5-7-15(14)24-2/h3-7,13H,1,8-12H2,2H3,(H,18,20,21). The maximum absolute atomic E-state index is 5.46. The van der Waals surface area contributed by atoms with Crippen LogP contribution < -0.4 is 19.9 Å². The van der Waals surface area contributed by atoms with E-state index in [0.29, 0.717) is 12.5 Å². The number of piperazine rings is 1. The van der Waals surface area contributed by atoms with Gasteiger partial charge in [-0.25, -0.2) is 0 Å². The first-order chi connectivity index (χ1) is 11.8. The van der Waals surface area contributed by atoms with Gasteiger partial charge in [0.05, 0.1) is 19.0 Å². The number of para-hydroxylation sites is 2. The van der Waals surface area contributed by atoms with Gasteiger partial charge >= 0.3 is 0 Å². The van der Waals surface area contributed by atoms with Crippen LogP contribution in [0.1, 0.15) is 0 Å². The molecule has 0 radical (unpaired) electrons. The summed E-state index contributed by atoms with van der Waals surface area (Å²) in [6.45, 7) is 7.84. The Hall–Kier alpha value is -2.83. The summed E-state index contributed by atoms with van der Waals surface area (Å²) in [6, 6.07) is 8.12. The first-order valence-corrected chi connectivity index (χ1v) is 7.99. The lowest BCUT2D eigenvalue weighted by Crippen LogP contribution is -2.47. The fourth-order valence-corrected chi connectivity index (χ4v) is 2.75. The molecular formula is C17H22N6O. The van der Waals surface area contributed by atoms with Gasteiger partial charge in [0.1, 0.15) is 5.75 Å². The van der Waals surface area contributed by atoms with E-state index in [1.807, 2.05) is 18.2 Å². The SMILES string of the molecule is C=CCNc1nncc(N2CCN(c3ccccc3OC)CC2)n1. The molecule has 0 unspecified atom stereocenters. The van der Waals surface area contributed by atoms with Gasteiger partial charge in [0.2, 0.25) is 5.95 Å². The van der Waals surface area contributed by atoms with E-state index in [0.717, 1.165) is 43.4 Å². The highest BCUT2D eigenvalue weighted by Gasteiger charge is 2.20. The van der Waals surface area contributed by atoms with Crippen LogP contribution in [0.3, 0.4) is 0 Å². The Kier molecular flexibility index (Phi) is 5.10. The van der Waals surface area contributed by atoms with Crippen LogP contribution in [0.2, 0.25) is 0 Å². The van der Waals surface area contributed by atoms with Crippen LogP contribution in [0.15, 0.2) is 43.1 Å². The Morgan fingerprint density at radius 3 is 2.71 bits per heavy atom. The van der Waals surface area contributed by atoms with Crippen molar-refractivity contribution in [3.05, 3.63) is 43.1 Å². The zero-order chi connectivity index (χ0) is 16.8. The van der Waals surface area contributed by atoms with Crippen LogP contribution in [0.25, 0.3) is 0 Å². The molecule has 0 amide bonds. The molecule has 1 aliphatic heterocycles. The van der Waals surface area contributed by atoms with Crippen molar-refractivity contribution in [2.45, 2.75) is 0 Å². The molecule has 0 bridgehead atoms. The summed E-state index contributed by atoms with van der Waals surface area (Å²) < 4.78 is 5.46. The normalized spacial score (nSPS) is 14.4. The average molecular weight is 326 g/mol. The van der Waals surface area contributed by atoms with Crippen molar-refractivity contribution in [3.8, 4) is 5.75 Å². The fourth-order valence-electron chi connectivity index (χ4n) is 2.75. The number of benzene rings is 1. The molecular weight excluding hydrogens is 304 g/mol. The molecule has 7 heteroatoms. The minimum Gasteiger partial charge on any atom is -0.495 e. The summed E-state index contributed by atoms with van der Waals surface area (Å²) in [7, 11) is 1.71. The highest BCUT2D eigenvalue weighted by atomic mass is 16.5. The van der Waals surface area contributed by atoms with Gasteiger partial charge in [-0.1, -0.05) is 18.2 Å². The van der Waals surface area contributed by atoms with Crippen molar-refractivity contribution in [2.24, 2.45) is 0 Å². The van der Waals surface area contributed by atoms with Gasteiger partial charge in [0.15, 0.2) is 5.82 Å². The molecule has 1 aliphatic rings. The van der Waals surface area contributed by atoms with Crippen LogP contribution in [0.5, 0.6) is 5.75 Å². The lowest BCUT2D eigenvalue weighted by Gasteiger charge is -2.37. The third-order valence-electron chi connectivity index (χ3n) is 3.98. The first kappa shape index (κ1) is 16.0. The van der Waals surface area contributed by atoms with Crippen LogP contribution in [0.4, 0.5) is 17.5 Å². The van der Waals surface area contributed by atoms with Gasteiger partial charge in [0.25, 0.3) is 0 Å². The summed E-state index contributed by atoms with van der Waals surface area (Å²) in [5.74, 6) is 2.28. The van der Waals surface area contributed by atoms with E-state index in [1.165, 1.54) is 0 Å². The molecule has 3 rings (SSSR count). The van der Waals surface area contributed by atoms with Gasteiger partial charge in [-0.2, -0.15) is 10.1 Å². The number of ether oxygens (including phenoxy) is 1. The summed E-state index contributed by atoms with van der Waals surface area (Å²) in [5, 5.41) is 11.1. The van der Waals surface area contributed by atoms with E-state index in [1.54, 1.807) is 19.4 Å². The Morgan fingerprint density at radius 2 is 1.96 bits per heavy atom. The third kappa shape index (κ3) is 3.56. The van der Waals surface area contributed by atoms with E-state index in [-0.39, 0.29) is 0 Å². The highest BCUT2D eigenvalue weighted by Crippen LogP contribution is 2.28. The zero-order valence-corrected chi connectivity index (χ0v) is 13.9. The predicted octanol–water partition coefficient (Wildman–Crippen LogP) is 1.80. The molecule has 1 aromatic heterocycles. The van der Waals surface area contributed by atoms with E-state index in [9.17, 15) is 0 Å². The molecule has 0 aliphatic carbocycles. The maximum atomic E-state index is 5.46. The molecule has 1 aromatic carbocycles. The molecule has 0 spiro atoms. The number of aromatic nitrogens is 3. The summed E-state index contributed by atoms with van der Waals surface area (Å²) in [6.07, 6.45) is 3.47. The Labute approximate surface area is 142 Å². The second-order valence-corrected chi connectivity index (χ2v) is 5.45. The third-order valence-corrected chi connectivity index (χ3v) is 3.98. The molecule has 0 saturated carbocycles. The Morgan fingerprint density at radius 1 is 1.21 bits per heavy atom. The van der Waals surface area contributed by atoms with Crippen LogP contribution in [0, 0.1) is 0 Å². The molecule has 2 heterocycles. The number of rotatable bonds is 6. The molecule has 1 saturated heterocycles. The second kappa shape index (κ2) is 7.63. The smallest absolute Gasteiger partial charge is 0.244 e. The molecule has 7 nitrogen and oxygen atoms in total. The van der Waals surface area contributed by atoms with Crippen LogP contribution in [-0.2, 0) is 0 Å². The average Bonchev–Trinajstić information content (AvgIpc) is 2.66. The van der Waals surface area contributed by atoms with E-state index in [4.69, 9.17) is 4.74 Å². The van der Waals surface area contributed by atoms with Gasteiger partial charge < -0.3 is 19.9 Å². The fraction of sp³-hybridized carbons (Fsp3) is 0.353. The number of hydrogen-bond donors (Lipinski definition) is 1. The summed E-state index contributed by atoms with van der Waals surface area (Å²) >= 11 is 0. The largest absolute Gasteiger partial charge is 0.495 e. The number of hydrogen-bond acceptors (Lipinski definition) is 7. The number of nitrogens with one attached hydrogen (secondary N) is 1. The minimum absolute atomic E-state index is 0.527. The molecule has 126 valence electrons. The predicted molar refractivity (Wildman–Crippen MR) is 95.9 cm³/mol. The molecule has 1 N–H and O–H groups in total. The number of nitrogens with zero attached hydrogens (tertiary/aromatic N) is 5.